The number of nitrogen functional groups attached to an aromatic ring is 1. The highest BCUT2D eigenvalue weighted by atomic mass is 32.2. The minimum atomic E-state index is 0.0549. The minimum absolute atomic E-state index is 0.0549. The Balaban J connectivity index is 1.44. The van der Waals surface area contributed by atoms with E-state index in [1.54, 1.807) is 4.68 Å². The Kier molecular flexibility index (Phi) is 5.23. The smallest absolute Gasteiger partial charge is 0.230 e. The topological polar surface area (TPSA) is 85.8 Å². The highest BCUT2D eigenvalue weighted by molar-refractivity contribution is 7.99. The van der Waals surface area contributed by atoms with Crippen molar-refractivity contribution in [3.05, 3.63) is 5.82 Å². The summed E-state index contributed by atoms with van der Waals surface area (Å²) in [7, 11) is 0. The summed E-state index contributed by atoms with van der Waals surface area (Å²) in [5.41, 5.74) is 0. The molecule has 1 heterocycles. The molecule has 2 saturated carbocycles. The van der Waals surface area contributed by atoms with Gasteiger partial charge in [0.2, 0.25) is 11.1 Å². The van der Waals surface area contributed by atoms with E-state index in [4.69, 9.17) is 5.84 Å². The van der Waals surface area contributed by atoms with Gasteiger partial charge in [0, 0.05) is 12.5 Å². The van der Waals surface area contributed by atoms with Gasteiger partial charge in [0.15, 0.2) is 5.82 Å². The maximum absolute atomic E-state index is 11.7. The zero-order chi connectivity index (χ0) is 15.4. The van der Waals surface area contributed by atoms with Crippen LogP contribution in [0.4, 0.5) is 0 Å². The summed E-state index contributed by atoms with van der Waals surface area (Å²) in [6.07, 6.45) is 11.0. The van der Waals surface area contributed by atoms with E-state index in [1.807, 2.05) is 0 Å². The van der Waals surface area contributed by atoms with Gasteiger partial charge >= 0.3 is 0 Å². The lowest BCUT2D eigenvalue weighted by Gasteiger charge is -2.20. The largest absolute Gasteiger partial charge is 0.353 e. The monoisotopic (exact) mass is 323 g/mol. The van der Waals surface area contributed by atoms with E-state index >= 15 is 0 Å². The van der Waals surface area contributed by atoms with E-state index in [1.165, 1.54) is 43.9 Å². The van der Waals surface area contributed by atoms with Crippen LogP contribution in [-0.2, 0) is 11.2 Å². The molecule has 2 aliphatic rings. The number of carbonyl (C=O) groups excluding carboxylic acids is 1. The molecule has 0 saturated heterocycles. The van der Waals surface area contributed by atoms with Crippen molar-refractivity contribution >= 4 is 17.7 Å². The van der Waals surface area contributed by atoms with Crippen LogP contribution in [0.2, 0.25) is 0 Å². The molecule has 0 atom stereocenters. The van der Waals surface area contributed by atoms with Crippen LogP contribution in [0.15, 0.2) is 5.16 Å². The Morgan fingerprint density at radius 2 is 2.00 bits per heavy atom. The molecule has 0 spiro atoms. The first-order chi connectivity index (χ1) is 10.7. The van der Waals surface area contributed by atoms with Crippen LogP contribution in [0.5, 0.6) is 0 Å². The maximum Gasteiger partial charge on any atom is 0.230 e. The zero-order valence-corrected chi connectivity index (χ0v) is 13.8. The summed E-state index contributed by atoms with van der Waals surface area (Å²) in [6.45, 7) is 0. The van der Waals surface area contributed by atoms with E-state index < -0.39 is 0 Å². The van der Waals surface area contributed by atoms with Gasteiger partial charge in [0.05, 0.1) is 5.75 Å². The molecule has 22 heavy (non-hydrogen) atoms. The number of thioether (sulfide) groups is 1. The highest BCUT2D eigenvalue weighted by Gasteiger charge is 2.23. The number of hydrogen-bond acceptors (Lipinski definition) is 5. The van der Waals surface area contributed by atoms with E-state index in [-0.39, 0.29) is 5.91 Å². The third-order valence-electron chi connectivity index (χ3n) is 4.51. The van der Waals surface area contributed by atoms with Crippen molar-refractivity contribution in [1.82, 2.24) is 20.2 Å². The second-order valence-electron chi connectivity index (χ2n) is 6.44. The number of hydrogen-bond donors (Lipinski definition) is 2. The van der Waals surface area contributed by atoms with Gasteiger partial charge in [-0.1, -0.05) is 43.9 Å². The SMILES string of the molecule is Nn1c(CCC2CCCCC2)nnc1SCC(=O)NC1CC1. The number of aromatic nitrogens is 3. The van der Waals surface area contributed by atoms with Crippen molar-refractivity contribution in [2.24, 2.45) is 5.92 Å². The van der Waals surface area contributed by atoms with Gasteiger partial charge < -0.3 is 11.2 Å². The predicted molar refractivity (Wildman–Crippen MR) is 87.0 cm³/mol. The summed E-state index contributed by atoms with van der Waals surface area (Å²) >= 11 is 1.36. The molecule has 122 valence electrons. The second kappa shape index (κ2) is 7.35. The van der Waals surface area contributed by atoms with E-state index in [0.29, 0.717) is 17.0 Å². The van der Waals surface area contributed by atoms with Crippen LogP contribution in [-0.4, -0.2) is 32.6 Å². The Labute approximate surface area is 135 Å². The fourth-order valence-corrected chi connectivity index (χ4v) is 3.70. The predicted octanol–water partition coefficient (Wildman–Crippen LogP) is 1.88. The van der Waals surface area contributed by atoms with Crippen LogP contribution in [0, 0.1) is 5.92 Å². The number of nitrogens with two attached hydrogens (primary N) is 1. The number of amides is 1. The average Bonchev–Trinajstić information content (AvgIpc) is 3.27. The van der Waals surface area contributed by atoms with E-state index in [0.717, 1.165) is 37.4 Å². The normalized spacial score (nSPS) is 19.3. The van der Waals surface area contributed by atoms with Crippen LogP contribution >= 0.6 is 11.8 Å². The molecule has 2 fully saturated rings. The van der Waals surface area contributed by atoms with Gasteiger partial charge in [0.1, 0.15) is 0 Å². The van der Waals surface area contributed by atoms with Crippen LogP contribution in [0.3, 0.4) is 0 Å². The van der Waals surface area contributed by atoms with Crippen molar-refractivity contribution in [3.8, 4) is 0 Å². The van der Waals surface area contributed by atoms with Crippen LogP contribution in [0.1, 0.15) is 57.2 Å². The van der Waals surface area contributed by atoms with Gasteiger partial charge in [-0.25, -0.2) is 4.68 Å². The van der Waals surface area contributed by atoms with Crippen molar-refractivity contribution in [3.63, 3.8) is 0 Å². The maximum atomic E-state index is 11.7. The Morgan fingerprint density at radius 3 is 2.73 bits per heavy atom. The fraction of sp³-hybridized carbons (Fsp3) is 0.800. The fourth-order valence-electron chi connectivity index (χ4n) is 3.01. The first kappa shape index (κ1) is 15.6. The van der Waals surface area contributed by atoms with Gasteiger partial charge in [-0.3, -0.25) is 4.79 Å². The average molecular weight is 323 g/mol. The molecule has 0 radical (unpaired) electrons. The van der Waals surface area contributed by atoms with Crippen molar-refractivity contribution in [2.45, 2.75) is 69.0 Å². The number of nitrogens with zero attached hydrogens (tertiary/aromatic N) is 3. The number of carbonyl (C=O) groups is 1. The first-order valence-corrected chi connectivity index (χ1v) is 9.32. The molecule has 6 nitrogen and oxygen atoms in total. The number of rotatable bonds is 7. The van der Waals surface area contributed by atoms with Crippen molar-refractivity contribution in [1.29, 1.82) is 0 Å². The van der Waals surface area contributed by atoms with E-state index in [2.05, 4.69) is 15.5 Å². The molecule has 0 bridgehead atoms. The van der Waals surface area contributed by atoms with Crippen LogP contribution in [0.25, 0.3) is 0 Å². The van der Waals surface area contributed by atoms with Gasteiger partial charge in [0.25, 0.3) is 0 Å². The lowest BCUT2D eigenvalue weighted by molar-refractivity contribution is -0.118. The van der Waals surface area contributed by atoms with Crippen LogP contribution < -0.4 is 11.2 Å². The third kappa shape index (κ3) is 4.38. The Morgan fingerprint density at radius 1 is 1.23 bits per heavy atom. The molecule has 3 rings (SSSR count). The lowest BCUT2D eigenvalue weighted by Crippen LogP contribution is -2.27. The minimum Gasteiger partial charge on any atom is -0.353 e. The van der Waals surface area contributed by atoms with Gasteiger partial charge in [-0.2, -0.15) is 0 Å². The molecule has 7 heteroatoms. The summed E-state index contributed by atoms with van der Waals surface area (Å²) in [6, 6.07) is 0.398. The first-order valence-electron chi connectivity index (χ1n) is 8.34. The van der Waals surface area contributed by atoms with Gasteiger partial charge in [-0.15, -0.1) is 10.2 Å². The number of aryl methyl sites for hydroxylation is 1. The van der Waals surface area contributed by atoms with Crippen molar-refractivity contribution in [2.75, 3.05) is 11.6 Å². The molecule has 0 unspecified atom stereocenters. The molecular weight excluding hydrogens is 298 g/mol. The Hall–Kier alpha value is -1.24. The zero-order valence-electron chi connectivity index (χ0n) is 13.0. The number of nitrogens with one attached hydrogen (secondary N) is 1. The molecule has 2 aliphatic carbocycles. The standard InChI is InChI=1S/C15H25N5OS/c16-20-13(9-6-11-4-2-1-3-5-11)18-19-15(20)22-10-14(21)17-12-7-8-12/h11-12H,1-10,16H2,(H,17,21). The molecule has 1 aromatic rings. The van der Waals surface area contributed by atoms with Crippen molar-refractivity contribution < 1.29 is 4.79 Å². The molecule has 1 aromatic heterocycles. The molecule has 3 N–H and O–H groups in total. The molecule has 1 amide bonds. The molecule has 0 aromatic carbocycles. The summed E-state index contributed by atoms with van der Waals surface area (Å²) < 4.78 is 1.55. The third-order valence-corrected chi connectivity index (χ3v) is 5.45. The van der Waals surface area contributed by atoms with E-state index in [9.17, 15) is 4.79 Å². The molecule has 0 aliphatic heterocycles. The lowest BCUT2D eigenvalue weighted by atomic mass is 9.86. The second-order valence-corrected chi connectivity index (χ2v) is 7.38. The quantitative estimate of drug-likeness (QED) is 0.591. The summed E-state index contributed by atoms with van der Waals surface area (Å²) in [5, 5.41) is 11.9. The van der Waals surface area contributed by atoms with Gasteiger partial charge in [-0.05, 0) is 25.2 Å². The summed E-state index contributed by atoms with van der Waals surface area (Å²) in [5.74, 6) is 8.11. The summed E-state index contributed by atoms with van der Waals surface area (Å²) in [4.78, 5) is 11.7. The molecular formula is C15H25N5OS. The highest BCUT2D eigenvalue weighted by Crippen LogP contribution is 2.27. The Bertz CT molecular complexity index is 508.